The second-order valence-electron chi connectivity index (χ2n) is 9.24. The molecule has 3 heterocycles. The monoisotopic (exact) mass is 489 g/mol. The molecule has 8 nitrogen and oxygen atoms in total. The van der Waals surface area contributed by atoms with Gasteiger partial charge in [-0.3, -0.25) is 4.57 Å². The Hall–Kier alpha value is -2.92. The van der Waals surface area contributed by atoms with Crippen molar-refractivity contribution in [1.29, 1.82) is 0 Å². The number of aromatic nitrogens is 4. The molecule has 1 atom stereocenters. The van der Waals surface area contributed by atoms with Gasteiger partial charge in [0.15, 0.2) is 5.82 Å². The molecule has 3 N–H and O–H groups in total. The van der Waals surface area contributed by atoms with Crippen molar-refractivity contribution in [2.24, 2.45) is 11.7 Å². The highest BCUT2D eigenvalue weighted by Crippen LogP contribution is 2.30. The van der Waals surface area contributed by atoms with Crippen LogP contribution < -0.4 is 16.0 Å². The van der Waals surface area contributed by atoms with Gasteiger partial charge in [0, 0.05) is 25.2 Å². The van der Waals surface area contributed by atoms with Crippen molar-refractivity contribution in [3.05, 3.63) is 36.2 Å². The fourth-order valence-corrected chi connectivity index (χ4v) is 4.91. The highest BCUT2D eigenvalue weighted by molar-refractivity contribution is 5.78. The molecule has 11 heteroatoms. The van der Waals surface area contributed by atoms with Crippen LogP contribution >= 0.6 is 0 Å². The van der Waals surface area contributed by atoms with Crippen LogP contribution in [0.25, 0.3) is 16.9 Å². The van der Waals surface area contributed by atoms with Crippen LogP contribution in [0.1, 0.15) is 37.9 Å². The molecular weight excluding hydrogens is 459 g/mol. The minimum Gasteiger partial charge on any atom is -0.377 e. The molecule has 0 unspecified atom stereocenters. The summed E-state index contributed by atoms with van der Waals surface area (Å²) in [6.45, 7) is 1.14. The minimum atomic E-state index is -2.80. The quantitative estimate of drug-likeness (QED) is 0.521. The standard InChI is InChI=1S/C24H30F3N7O/c25-12-17-14-35-10-9-33(17)20-11-21(32-24(31-20)29-13-15-5-7-16(28)8-6-15)34-19-4-2-1-3-18(19)30-23(34)22(26)27/h1-4,11,15-17,22H,5-10,12-14,28H2,(H,29,31,32)/t15-,16-,17-/m1/s1. The van der Waals surface area contributed by atoms with Gasteiger partial charge in [-0.05, 0) is 43.7 Å². The molecule has 1 aliphatic heterocycles. The maximum Gasteiger partial charge on any atom is 0.296 e. The first-order chi connectivity index (χ1) is 17.0. The molecule has 2 aliphatic rings. The van der Waals surface area contributed by atoms with Gasteiger partial charge in [-0.15, -0.1) is 0 Å². The first-order valence-corrected chi connectivity index (χ1v) is 12.1. The molecular formula is C24H30F3N7O. The van der Waals surface area contributed by atoms with Crippen LogP contribution in [-0.4, -0.2) is 64.6 Å². The highest BCUT2D eigenvalue weighted by Gasteiger charge is 2.27. The number of nitrogens with two attached hydrogens (primary N) is 1. The van der Waals surface area contributed by atoms with Crippen LogP contribution in [0.5, 0.6) is 0 Å². The number of rotatable bonds is 7. The first-order valence-electron chi connectivity index (χ1n) is 12.1. The minimum absolute atomic E-state index is 0.233. The van der Waals surface area contributed by atoms with Gasteiger partial charge < -0.3 is 20.7 Å². The lowest BCUT2D eigenvalue weighted by molar-refractivity contribution is 0.0855. The van der Waals surface area contributed by atoms with E-state index >= 15 is 0 Å². The number of nitrogens with one attached hydrogen (secondary N) is 1. The van der Waals surface area contributed by atoms with E-state index in [2.05, 4.69) is 20.3 Å². The van der Waals surface area contributed by atoms with Gasteiger partial charge in [-0.2, -0.15) is 9.97 Å². The lowest BCUT2D eigenvalue weighted by Crippen LogP contribution is -2.47. The Bertz CT molecular complexity index is 1150. The lowest BCUT2D eigenvalue weighted by atomic mass is 9.86. The van der Waals surface area contributed by atoms with Crippen molar-refractivity contribution in [3.8, 4) is 5.82 Å². The molecule has 1 saturated carbocycles. The number of alkyl halides is 3. The second-order valence-corrected chi connectivity index (χ2v) is 9.24. The number of nitrogens with zero attached hydrogens (tertiary/aromatic N) is 5. The smallest absolute Gasteiger partial charge is 0.296 e. The molecule has 1 aliphatic carbocycles. The molecule has 1 saturated heterocycles. The zero-order valence-corrected chi connectivity index (χ0v) is 19.4. The topological polar surface area (TPSA) is 94.1 Å². The number of halogens is 3. The van der Waals surface area contributed by atoms with Crippen LogP contribution in [0.3, 0.4) is 0 Å². The molecule has 35 heavy (non-hydrogen) atoms. The summed E-state index contributed by atoms with van der Waals surface area (Å²) in [4.78, 5) is 15.2. The van der Waals surface area contributed by atoms with Crippen molar-refractivity contribution >= 4 is 22.8 Å². The summed E-state index contributed by atoms with van der Waals surface area (Å²) >= 11 is 0. The summed E-state index contributed by atoms with van der Waals surface area (Å²) < 4.78 is 48.6. The molecule has 0 spiro atoms. The zero-order chi connectivity index (χ0) is 24.4. The van der Waals surface area contributed by atoms with Gasteiger partial charge in [0.25, 0.3) is 6.43 Å². The third-order valence-electron chi connectivity index (χ3n) is 6.85. The largest absolute Gasteiger partial charge is 0.377 e. The first kappa shape index (κ1) is 23.8. The van der Waals surface area contributed by atoms with Crippen LogP contribution in [-0.2, 0) is 4.74 Å². The third-order valence-corrected chi connectivity index (χ3v) is 6.85. The Balaban J connectivity index is 1.55. The Kier molecular flexibility index (Phi) is 7.05. The maximum atomic E-state index is 14.0. The summed E-state index contributed by atoms with van der Waals surface area (Å²) in [6.07, 6.45) is 1.17. The number of para-hydroxylation sites is 2. The van der Waals surface area contributed by atoms with Gasteiger partial charge in [-0.25, -0.2) is 18.2 Å². The molecule has 188 valence electrons. The van der Waals surface area contributed by atoms with Crippen molar-refractivity contribution in [2.75, 3.05) is 43.2 Å². The molecule has 2 aromatic heterocycles. The normalized spacial score (nSPS) is 23.2. The predicted molar refractivity (Wildman–Crippen MR) is 128 cm³/mol. The third kappa shape index (κ3) is 5.06. The van der Waals surface area contributed by atoms with E-state index < -0.39 is 25.0 Å². The van der Waals surface area contributed by atoms with Crippen LogP contribution in [0.15, 0.2) is 30.3 Å². The predicted octanol–water partition coefficient (Wildman–Crippen LogP) is 3.86. The van der Waals surface area contributed by atoms with E-state index in [4.69, 9.17) is 10.5 Å². The average molecular weight is 490 g/mol. The van der Waals surface area contributed by atoms with Crippen LogP contribution in [0.4, 0.5) is 24.9 Å². The molecule has 3 aromatic rings. The number of fused-ring (bicyclic) bond motifs is 1. The number of morpholine rings is 1. The van der Waals surface area contributed by atoms with E-state index in [0.29, 0.717) is 48.4 Å². The van der Waals surface area contributed by atoms with E-state index in [1.165, 1.54) is 4.57 Å². The highest BCUT2D eigenvalue weighted by atomic mass is 19.3. The summed E-state index contributed by atoms with van der Waals surface area (Å²) in [6, 6.07) is 8.31. The summed E-state index contributed by atoms with van der Waals surface area (Å²) in [5, 5.41) is 3.30. The number of hydrogen-bond acceptors (Lipinski definition) is 7. The van der Waals surface area contributed by atoms with Crippen molar-refractivity contribution in [2.45, 2.75) is 44.2 Å². The van der Waals surface area contributed by atoms with Gasteiger partial charge in [0.1, 0.15) is 18.3 Å². The number of benzene rings is 1. The number of imidazole rings is 1. The Morgan fingerprint density at radius 1 is 1.09 bits per heavy atom. The average Bonchev–Trinajstić information content (AvgIpc) is 3.28. The summed E-state index contributed by atoms with van der Waals surface area (Å²) in [5.41, 5.74) is 6.99. The zero-order valence-electron chi connectivity index (χ0n) is 19.4. The lowest BCUT2D eigenvalue weighted by Gasteiger charge is -2.35. The van der Waals surface area contributed by atoms with Gasteiger partial charge >= 0.3 is 0 Å². The van der Waals surface area contributed by atoms with E-state index in [1.807, 2.05) is 4.90 Å². The fraction of sp³-hybridized carbons (Fsp3) is 0.542. The SMILES string of the molecule is N[C@H]1CC[C@H](CNc2nc(N3CCOC[C@H]3CF)cc(-n3c(C(F)F)nc4ccccc43)n2)CC1. The Morgan fingerprint density at radius 2 is 1.86 bits per heavy atom. The van der Waals surface area contributed by atoms with Gasteiger partial charge in [-0.1, -0.05) is 12.1 Å². The van der Waals surface area contributed by atoms with Crippen molar-refractivity contribution in [3.63, 3.8) is 0 Å². The molecule has 5 rings (SSSR count). The number of anilines is 2. The maximum absolute atomic E-state index is 14.0. The Morgan fingerprint density at radius 3 is 2.63 bits per heavy atom. The van der Waals surface area contributed by atoms with Gasteiger partial charge in [0.2, 0.25) is 5.95 Å². The molecule has 0 radical (unpaired) electrons. The Labute approximate surface area is 201 Å². The van der Waals surface area contributed by atoms with Crippen LogP contribution in [0, 0.1) is 5.92 Å². The molecule has 0 amide bonds. The van der Waals surface area contributed by atoms with E-state index in [-0.39, 0.29) is 18.5 Å². The summed E-state index contributed by atoms with van der Waals surface area (Å²) in [7, 11) is 0. The van der Waals surface area contributed by atoms with Crippen LogP contribution in [0.2, 0.25) is 0 Å². The molecule has 2 fully saturated rings. The van der Waals surface area contributed by atoms with Gasteiger partial charge in [0.05, 0.1) is 30.3 Å². The van der Waals surface area contributed by atoms with Crippen molar-refractivity contribution < 1.29 is 17.9 Å². The molecule has 1 aromatic carbocycles. The number of hydrogen-bond donors (Lipinski definition) is 2. The van der Waals surface area contributed by atoms with E-state index in [0.717, 1.165) is 25.7 Å². The van der Waals surface area contributed by atoms with E-state index in [9.17, 15) is 13.2 Å². The van der Waals surface area contributed by atoms with Crippen molar-refractivity contribution in [1.82, 2.24) is 19.5 Å². The van der Waals surface area contributed by atoms with E-state index in [1.54, 1.807) is 30.3 Å². The number of ether oxygens (including phenoxy) is 1. The fourth-order valence-electron chi connectivity index (χ4n) is 4.91. The molecule has 0 bridgehead atoms. The summed E-state index contributed by atoms with van der Waals surface area (Å²) in [5.74, 6) is 1.07. The second kappa shape index (κ2) is 10.4.